The SMILES string of the molecule is O=C1[C@@H]2CCCCCCCCC[C@@H]1CCC2. The van der Waals surface area contributed by atoms with Crippen molar-refractivity contribution in [2.24, 2.45) is 11.8 Å². The number of carbonyl (C=O) groups is 1. The highest BCUT2D eigenvalue weighted by Crippen LogP contribution is 2.32. The third-order valence-electron chi connectivity index (χ3n) is 4.52. The maximum absolute atomic E-state index is 12.2. The van der Waals surface area contributed by atoms with E-state index < -0.39 is 0 Å². The van der Waals surface area contributed by atoms with E-state index in [2.05, 4.69) is 0 Å². The van der Waals surface area contributed by atoms with E-state index in [9.17, 15) is 4.79 Å². The smallest absolute Gasteiger partial charge is 0.139 e. The third kappa shape index (κ3) is 3.33. The predicted octanol–water partition coefficient (Wildman–Crippen LogP) is 4.50. The highest BCUT2D eigenvalue weighted by molar-refractivity contribution is 5.84. The Morgan fingerprint density at radius 2 is 0.938 bits per heavy atom. The Kier molecular flexibility index (Phi) is 4.87. The van der Waals surface area contributed by atoms with Crippen LogP contribution in [0, 0.1) is 11.8 Å². The maximum Gasteiger partial charge on any atom is 0.139 e. The van der Waals surface area contributed by atoms with Crippen molar-refractivity contribution in [1.29, 1.82) is 0 Å². The Morgan fingerprint density at radius 1 is 0.562 bits per heavy atom. The van der Waals surface area contributed by atoms with Gasteiger partial charge in [0.15, 0.2) is 0 Å². The van der Waals surface area contributed by atoms with Gasteiger partial charge in [-0.15, -0.1) is 0 Å². The quantitative estimate of drug-likeness (QED) is 0.590. The average Bonchev–Trinajstić information content (AvgIpc) is 2.30. The molecule has 16 heavy (non-hydrogen) atoms. The summed E-state index contributed by atoms with van der Waals surface area (Å²) in [6.45, 7) is 0. The minimum absolute atomic E-state index is 0.443. The van der Waals surface area contributed by atoms with Crippen molar-refractivity contribution in [2.45, 2.75) is 77.0 Å². The maximum atomic E-state index is 12.2. The fraction of sp³-hybridized carbons (Fsp3) is 0.933. The molecule has 0 aliphatic heterocycles. The summed E-state index contributed by atoms with van der Waals surface area (Å²) in [4.78, 5) is 12.2. The van der Waals surface area contributed by atoms with E-state index in [1.807, 2.05) is 0 Å². The zero-order valence-electron chi connectivity index (χ0n) is 10.5. The van der Waals surface area contributed by atoms with E-state index in [-0.39, 0.29) is 0 Å². The number of ketones is 1. The zero-order valence-corrected chi connectivity index (χ0v) is 10.5. The fourth-order valence-corrected chi connectivity index (χ4v) is 3.47. The van der Waals surface area contributed by atoms with Gasteiger partial charge in [-0.1, -0.05) is 51.4 Å². The standard InChI is InChI=1S/C15H26O/c16-15-13-9-6-4-2-1-3-5-7-10-14(15)12-8-11-13/h13-14H,1-12H2/t13-,14-/m1/s1. The first-order chi connectivity index (χ1) is 7.88. The van der Waals surface area contributed by atoms with E-state index in [4.69, 9.17) is 0 Å². The molecule has 2 bridgehead atoms. The summed E-state index contributed by atoms with van der Waals surface area (Å²) < 4.78 is 0. The molecule has 2 aliphatic carbocycles. The minimum Gasteiger partial charge on any atom is -0.299 e. The van der Waals surface area contributed by atoms with Gasteiger partial charge in [-0.3, -0.25) is 4.79 Å². The lowest BCUT2D eigenvalue weighted by Gasteiger charge is -2.28. The highest BCUT2D eigenvalue weighted by Gasteiger charge is 2.30. The largest absolute Gasteiger partial charge is 0.299 e. The number of carbonyl (C=O) groups excluding carboxylic acids is 1. The Morgan fingerprint density at radius 3 is 1.44 bits per heavy atom. The Balaban J connectivity index is 1.90. The molecule has 0 aromatic rings. The van der Waals surface area contributed by atoms with Gasteiger partial charge in [0.05, 0.1) is 0 Å². The summed E-state index contributed by atoms with van der Waals surface area (Å²) in [5.74, 6) is 1.52. The average molecular weight is 222 g/mol. The van der Waals surface area contributed by atoms with Crippen molar-refractivity contribution in [3.8, 4) is 0 Å². The zero-order chi connectivity index (χ0) is 11.2. The Bertz CT molecular complexity index is 201. The molecule has 2 aliphatic rings. The molecule has 1 nitrogen and oxygen atoms in total. The molecule has 0 aromatic heterocycles. The number of hydrogen-bond acceptors (Lipinski definition) is 1. The van der Waals surface area contributed by atoms with E-state index in [0.717, 1.165) is 0 Å². The van der Waals surface area contributed by atoms with Crippen LogP contribution in [0.5, 0.6) is 0 Å². The van der Waals surface area contributed by atoms with E-state index in [1.54, 1.807) is 0 Å². The molecule has 2 rings (SSSR count). The first-order valence-corrected chi connectivity index (χ1v) is 7.41. The fourth-order valence-electron chi connectivity index (χ4n) is 3.47. The van der Waals surface area contributed by atoms with Crippen LogP contribution in [0.4, 0.5) is 0 Å². The summed E-state index contributed by atoms with van der Waals surface area (Å²) in [5, 5.41) is 0. The van der Waals surface area contributed by atoms with Gasteiger partial charge < -0.3 is 0 Å². The molecule has 0 aromatic carbocycles. The van der Waals surface area contributed by atoms with Gasteiger partial charge in [-0.05, 0) is 25.7 Å². The molecule has 2 atom stereocenters. The second-order valence-electron chi connectivity index (χ2n) is 5.78. The number of Topliss-reactive ketones (excluding diaryl/α,β-unsaturated/α-hetero) is 1. The molecule has 1 heteroatoms. The van der Waals surface area contributed by atoms with Gasteiger partial charge in [-0.25, -0.2) is 0 Å². The molecule has 0 amide bonds. The Labute approximate surface area is 100.0 Å². The monoisotopic (exact) mass is 222 g/mol. The molecule has 0 unspecified atom stereocenters. The van der Waals surface area contributed by atoms with E-state index in [0.29, 0.717) is 17.6 Å². The first kappa shape index (κ1) is 12.1. The molecule has 2 fully saturated rings. The summed E-state index contributed by atoms with van der Waals surface area (Å²) in [7, 11) is 0. The van der Waals surface area contributed by atoms with Gasteiger partial charge in [0.2, 0.25) is 0 Å². The van der Waals surface area contributed by atoms with Crippen molar-refractivity contribution in [3.63, 3.8) is 0 Å². The second-order valence-corrected chi connectivity index (χ2v) is 5.78. The molecule has 0 heterocycles. The summed E-state index contributed by atoms with van der Waals surface area (Å²) in [5.41, 5.74) is 0. The van der Waals surface area contributed by atoms with Crippen molar-refractivity contribution in [3.05, 3.63) is 0 Å². The van der Waals surface area contributed by atoms with Gasteiger partial charge in [-0.2, -0.15) is 0 Å². The van der Waals surface area contributed by atoms with Crippen LogP contribution in [0.3, 0.4) is 0 Å². The van der Waals surface area contributed by atoms with Gasteiger partial charge in [0, 0.05) is 11.8 Å². The topological polar surface area (TPSA) is 17.1 Å². The lowest BCUT2D eigenvalue weighted by molar-refractivity contribution is -0.129. The van der Waals surface area contributed by atoms with Crippen LogP contribution in [0.2, 0.25) is 0 Å². The van der Waals surface area contributed by atoms with Crippen LogP contribution < -0.4 is 0 Å². The van der Waals surface area contributed by atoms with Crippen molar-refractivity contribution >= 4 is 5.78 Å². The van der Waals surface area contributed by atoms with Gasteiger partial charge in [0.1, 0.15) is 5.78 Å². The van der Waals surface area contributed by atoms with Crippen LogP contribution in [0.15, 0.2) is 0 Å². The lowest BCUT2D eigenvalue weighted by Crippen LogP contribution is -2.28. The highest BCUT2D eigenvalue weighted by atomic mass is 16.1. The first-order valence-electron chi connectivity index (χ1n) is 7.41. The molecule has 0 N–H and O–H groups in total. The van der Waals surface area contributed by atoms with Crippen molar-refractivity contribution < 1.29 is 4.79 Å². The van der Waals surface area contributed by atoms with Crippen molar-refractivity contribution in [1.82, 2.24) is 0 Å². The van der Waals surface area contributed by atoms with Crippen LogP contribution in [0.25, 0.3) is 0 Å². The lowest BCUT2D eigenvalue weighted by atomic mass is 9.75. The number of hydrogen-bond donors (Lipinski definition) is 0. The van der Waals surface area contributed by atoms with E-state index in [1.165, 1.54) is 77.0 Å². The summed E-state index contributed by atoms with van der Waals surface area (Å²) in [6, 6.07) is 0. The van der Waals surface area contributed by atoms with Crippen molar-refractivity contribution in [2.75, 3.05) is 0 Å². The van der Waals surface area contributed by atoms with Gasteiger partial charge in [0.25, 0.3) is 0 Å². The molecular formula is C15H26O. The van der Waals surface area contributed by atoms with Crippen LogP contribution in [-0.2, 0) is 4.79 Å². The van der Waals surface area contributed by atoms with E-state index >= 15 is 0 Å². The van der Waals surface area contributed by atoms with Crippen LogP contribution in [0.1, 0.15) is 77.0 Å². The molecule has 0 spiro atoms. The molecule has 0 radical (unpaired) electrons. The van der Waals surface area contributed by atoms with Crippen LogP contribution in [-0.4, -0.2) is 5.78 Å². The number of fused-ring (bicyclic) bond motifs is 2. The molecular weight excluding hydrogens is 196 g/mol. The summed E-state index contributed by atoms with van der Waals surface area (Å²) >= 11 is 0. The number of rotatable bonds is 0. The normalized spacial score (nSPS) is 33.9. The Hall–Kier alpha value is -0.330. The predicted molar refractivity (Wildman–Crippen MR) is 67.4 cm³/mol. The third-order valence-corrected chi connectivity index (χ3v) is 4.52. The minimum atomic E-state index is 0.443. The molecule has 92 valence electrons. The summed E-state index contributed by atoms with van der Waals surface area (Å²) in [6.07, 6.45) is 15.6. The van der Waals surface area contributed by atoms with Crippen LogP contribution >= 0.6 is 0 Å². The molecule has 0 saturated heterocycles. The van der Waals surface area contributed by atoms with Gasteiger partial charge >= 0.3 is 0 Å². The molecule has 2 saturated carbocycles. The second kappa shape index (κ2) is 6.42.